The Labute approximate surface area is 134 Å². The zero-order valence-corrected chi connectivity index (χ0v) is 13.7. The van der Waals surface area contributed by atoms with Crippen molar-refractivity contribution in [2.24, 2.45) is 0 Å². The van der Waals surface area contributed by atoms with Crippen LogP contribution in [0.4, 0.5) is 5.69 Å². The van der Waals surface area contributed by atoms with Gasteiger partial charge in [-0.3, -0.25) is 4.79 Å². The third-order valence-electron chi connectivity index (χ3n) is 2.49. The normalized spacial score (nSPS) is 10.1. The van der Waals surface area contributed by atoms with Crippen LogP contribution in [0.25, 0.3) is 0 Å². The Kier molecular flexibility index (Phi) is 5.13. The van der Waals surface area contributed by atoms with E-state index in [2.05, 4.69) is 27.9 Å². The number of ether oxygens (including phenoxy) is 1. The molecule has 0 saturated carbocycles. The van der Waals surface area contributed by atoms with Crippen LogP contribution in [0.15, 0.2) is 35.7 Å². The molecule has 6 heteroatoms. The Morgan fingerprint density at radius 1 is 1.35 bits per heavy atom. The summed E-state index contributed by atoms with van der Waals surface area (Å²) >= 11 is 3.47. The largest absolute Gasteiger partial charge is 0.451 e. The predicted octanol–water partition coefficient (Wildman–Crippen LogP) is 3.46. The number of anilines is 1. The van der Waals surface area contributed by atoms with Gasteiger partial charge in [0.25, 0.3) is 5.91 Å². The number of benzene rings is 1. The molecule has 0 aliphatic rings. The summed E-state index contributed by atoms with van der Waals surface area (Å²) in [7, 11) is 0. The van der Waals surface area contributed by atoms with Crippen LogP contribution in [0.5, 0.6) is 0 Å². The highest BCUT2D eigenvalue weighted by Crippen LogP contribution is 2.16. The molecule has 2 aromatic rings. The molecule has 0 bridgehead atoms. The SMILES string of the molecule is Cc1ccsc1C(=O)OCC(=O)Nc1cccc(I)c1. The summed E-state index contributed by atoms with van der Waals surface area (Å²) in [6, 6.07) is 9.23. The second-order valence-electron chi connectivity index (χ2n) is 4.07. The van der Waals surface area contributed by atoms with Gasteiger partial charge < -0.3 is 10.1 Å². The van der Waals surface area contributed by atoms with Crippen molar-refractivity contribution < 1.29 is 14.3 Å². The van der Waals surface area contributed by atoms with Crippen LogP contribution in [0.1, 0.15) is 15.2 Å². The number of amides is 1. The maximum Gasteiger partial charge on any atom is 0.349 e. The Morgan fingerprint density at radius 2 is 2.15 bits per heavy atom. The second-order valence-corrected chi connectivity index (χ2v) is 6.23. The molecule has 1 heterocycles. The van der Waals surface area contributed by atoms with Crippen molar-refractivity contribution >= 4 is 51.5 Å². The molecule has 20 heavy (non-hydrogen) atoms. The first-order valence-corrected chi connectivity index (χ1v) is 7.79. The van der Waals surface area contributed by atoms with E-state index < -0.39 is 5.97 Å². The van der Waals surface area contributed by atoms with Crippen molar-refractivity contribution in [2.45, 2.75) is 6.92 Å². The number of rotatable bonds is 4. The molecule has 1 aromatic carbocycles. The molecular weight excluding hydrogens is 389 g/mol. The number of aryl methyl sites for hydroxylation is 1. The molecule has 1 N–H and O–H groups in total. The van der Waals surface area contributed by atoms with Crippen LogP contribution in [0.3, 0.4) is 0 Å². The number of hydrogen-bond acceptors (Lipinski definition) is 4. The lowest BCUT2D eigenvalue weighted by molar-refractivity contribution is -0.119. The first kappa shape index (κ1) is 15.0. The van der Waals surface area contributed by atoms with Gasteiger partial charge in [0.2, 0.25) is 0 Å². The highest BCUT2D eigenvalue weighted by atomic mass is 127. The third kappa shape index (κ3) is 4.04. The average molecular weight is 401 g/mol. The summed E-state index contributed by atoms with van der Waals surface area (Å²) < 4.78 is 6.01. The van der Waals surface area contributed by atoms with Crippen molar-refractivity contribution in [1.82, 2.24) is 0 Å². The Bertz CT molecular complexity index is 639. The van der Waals surface area contributed by atoms with Gasteiger partial charge in [-0.25, -0.2) is 4.79 Å². The van der Waals surface area contributed by atoms with Crippen molar-refractivity contribution in [3.63, 3.8) is 0 Å². The molecule has 0 spiro atoms. The van der Waals surface area contributed by atoms with E-state index in [0.29, 0.717) is 10.6 Å². The molecule has 0 aliphatic carbocycles. The summed E-state index contributed by atoms with van der Waals surface area (Å²) in [5.74, 6) is -0.815. The minimum atomic E-state index is -0.463. The van der Waals surface area contributed by atoms with Crippen molar-refractivity contribution in [3.8, 4) is 0 Å². The molecule has 2 rings (SSSR count). The van der Waals surface area contributed by atoms with Crippen LogP contribution in [-0.2, 0) is 9.53 Å². The van der Waals surface area contributed by atoms with Gasteiger partial charge in [-0.05, 0) is 64.7 Å². The fraction of sp³-hybridized carbons (Fsp3) is 0.143. The minimum Gasteiger partial charge on any atom is -0.451 e. The molecule has 1 amide bonds. The summed E-state index contributed by atoms with van der Waals surface area (Å²) in [6.45, 7) is 1.54. The van der Waals surface area contributed by atoms with Gasteiger partial charge in [0.15, 0.2) is 6.61 Å². The van der Waals surface area contributed by atoms with Crippen LogP contribution in [0.2, 0.25) is 0 Å². The molecule has 0 unspecified atom stereocenters. The molecule has 104 valence electrons. The fourth-order valence-corrected chi connectivity index (χ4v) is 2.90. The molecule has 4 nitrogen and oxygen atoms in total. The van der Waals surface area contributed by atoms with Crippen molar-refractivity contribution in [2.75, 3.05) is 11.9 Å². The van der Waals surface area contributed by atoms with Gasteiger partial charge in [0.05, 0.1) is 0 Å². The molecular formula is C14H12INO3S. The lowest BCUT2D eigenvalue weighted by atomic mass is 10.3. The molecule has 1 aromatic heterocycles. The summed E-state index contributed by atoms with van der Waals surface area (Å²) in [5, 5.41) is 4.50. The van der Waals surface area contributed by atoms with Crippen LogP contribution in [-0.4, -0.2) is 18.5 Å². The quantitative estimate of drug-likeness (QED) is 0.631. The number of halogens is 1. The number of carbonyl (C=O) groups is 2. The number of nitrogens with one attached hydrogen (secondary N) is 1. The Morgan fingerprint density at radius 3 is 2.80 bits per heavy atom. The van der Waals surface area contributed by atoms with E-state index in [-0.39, 0.29) is 12.5 Å². The lowest BCUT2D eigenvalue weighted by Crippen LogP contribution is -2.20. The third-order valence-corrected chi connectivity index (χ3v) is 4.16. The maximum absolute atomic E-state index is 11.7. The van der Waals surface area contributed by atoms with Crippen LogP contribution < -0.4 is 5.32 Å². The van der Waals surface area contributed by atoms with Gasteiger partial charge >= 0.3 is 5.97 Å². The van der Waals surface area contributed by atoms with E-state index in [1.165, 1.54) is 11.3 Å². The highest BCUT2D eigenvalue weighted by molar-refractivity contribution is 14.1. The first-order chi connectivity index (χ1) is 9.56. The van der Waals surface area contributed by atoms with Gasteiger partial charge in [-0.15, -0.1) is 11.3 Å². The Hall–Kier alpha value is -1.41. The summed E-state index contributed by atoms with van der Waals surface area (Å²) in [4.78, 5) is 24.0. The van der Waals surface area contributed by atoms with Gasteiger partial charge in [0, 0.05) is 9.26 Å². The Balaban J connectivity index is 1.87. The van der Waals surface area contributed by atoms with Crippen LogP contribution >= 0.6 is 33.9 Å². The molecule has 0 fully saturated rings. The molecule has 0 atom stereocenters. The smallest absolute Gasteiger partial charge is 0.349 e. The van der Waals surface area contributed by atoms with E-state index >= 15 is 0 Å². The minimum absolute atomic E-state index is 0.290. The standard InChI is InChI=1S/C14H12INO3S/c1-9-5-6-20-13(9)14(18)19-8-12(17)16-11-4-2-3-10(15)7-11/h2-7H,8H2,1H3,(H,16,17). The predicted molar refractivity (Wildman–Crippen MR) is 87.1 cm³/mol. The number of esters is 1. The van der Waals surface area contributed by atoms with Crippen molar-refractivity contribution in [3.05, 3.63) is 49.7 Å². The maximum atomic E-state index is 11.7. The second kappa shape index (κ2) is 6.85. The van der Waals surface area contributed by atoms with E-state index in [1.54, 1.807) is 6.07 Å². The monoisotopic (exact) mass is 401 g/mol. The number of hydrogen-bond donors (Lipinski definition) is 1. The van der Waals surface area contributed by atoms with Gasteiger partial charge in [-0.2, -0.15) is 0 Å². The van der Waals surface area contributed by atoms with E-state index in [4.69, 9.17) is 4.74 Å². The van der Waals surface area contributed by atoms with Crippen molar-refractivity contribution in [1.29, 1.82) is 0 Å². The summed E-state index contributed by atoms with van der Waals surface area (Å²) in [6.07, 6.45) is 0. The lowest BCUT2D eigenvalue weighted by Gasteiger charge is -2.06. The van der Waals surface area contributed by atoms with E-state index in [0.717, 1.165) is 9.13 Å². The highest BCUT2D eigenvalue weighted by Gasteiger charge is 2.13. The molecule has 0 radical (unpaired) electrons. The zero-order valence-electron chi connectivity index (χ0n) is 10.7. The fourth-order valence-electron chi connectivity index (χ4n) is 1.54. The van der Waals surface area contributed by atoms with E-state index in [1.807, 2.05) is 36.6 Å². The van der Waals surface area contributed by atoms with Gasteiger partial charge in [0.1, 0.15) is 4.88 Å². The summed E-state index contributed by atoms with van der Waals surface area (Å²) in [5.41, 5.74) is 1.54. The molecule has 0 aliphatic heterocycles. The van der Waals surface area contributed by atoms with Crippen LogP contribution in [0, 0.1) is 10.5 Å². The zero-order chi connectivity index (χ0) is 14.5. The number of thiophene rings is 1. The number of carbonyl (C=O) groups excluding carboxylic acids is 2. The first-order valence-electron chi connectivity index (χ1n) is 5.83. The topological polar surface area (TPSA) is 55.4 Å². The van der Waals surface area contributed by atoms with E-state index in [9.17, 15) is 9.59 Å². The molecule has 0 saturated heterocycles. The van der Waals surface area contributed by atoms with Gasteiger partial charge in [-0.1, -0.05) is 6.07 Å². The average Bonchev–Trinajstić information content (AvgIpc) is 2.82.